The Hall–Kier alpha value is -4.71. The molecule has 0 spiro atoms. The van der Waals surface area contributed by atoms with Crippen molar-refractivity contribution < 1.29 is 41.9 Å². The number of nitrogens with zero attached hydrogens (tertiary/aromatic N) is 5. The average Bonchev–Trinajstić information content (AvgIpc) is 3.72. The van der Waals surface area contributed by atoms with Crippen LogP contribution in [0.5, 0.6) is 0 Å². The number of hydrogen-bond donors (Lipinski definition) is 2. The molecule has 56 heavy (non-hydrogen) atoms. The van der Waals surface area contributed by atoms with Gasteiger partial charge in [-0.1, -0.05) is 43.0 Å². The Morgan fingerprint density at radius 2 is 1.57 bits per heavy atom. The summed E-state index contributed by atoms with van der Waals surface area (Å²) in [5, 5.41) is 6.56. The molecule has 0 radical (unpaired) electrons. The summed E-state index contributed by atoms with van der Waals surface area (Å²) in [6.45, 7) is 7.80. The molecule has 0 aliphatic carbocycles. The molecule has 4 amide bonds. The van der Waals surface area contributed by atoms with Crippen LogP contribution in [0.3, 0.4) is 0 Å². The highest BCUT2D eigenvalue weighted by molar-refractivity contribution is 7.89. The predicted molar refractivity (Wildman–Crippen MR) is 205 cm³/mol. The topological polar surface area (TPSA) is 186 Å². The molecule has 0 unspecified atom stereocenters. The molecule has 302 valence electrons. The predicted octanol–water partition coefficient (Wildman–Crippen LogP) is 0.818. The number of carbonyl (C=O) groups is 6. The molecule has 4 saturated heterocycles. The standard InChI is InChI=1S/C39H51N7O9S/c1-2-24-55-37(50)16-14-31(34(47)26-42-20-22-43(23-21-42)27-36(49)44-17-5-6-18-44)40-38(51)33-10-7-19-45-35(48)15-13-32(39(52)46(33)45)41-56(53,54)30-12-11-28-8-3-4-9-29(28)25-30/h2-4,8-9,11-12,25,31-33,41H,1,5-7,10,13-24,26-27H2,(H,40,51)/t31-,32-,33-/m0/s1. The summed E-state index contributed by atoms with van der Waals surface area (Å²) in [6.07, 6.45) is 3.52. The van der Waals surface area contributed by atoms with E-state index >= 15 is 0 Å². The third-order valence-electron chi connectivity index (χ3n) is 10.9. The number of carbonyl (C=O) groups excluding carboxylic acids is 6. The summed E-state index contributed by atoms with van der Waals surface area (Å²) >= 11 is 0. The number of ether oxygens (including phenoxy) is 1. The molecule has 3 atom stereocenters. The molecule has 17 heteroatoms. The Labute approximate surface area is 327 Å². The summed E-state index contributed by atoms with van der Waals surface area (Å²) in [5.41, 5.74) is 0. The van der Waals surface area contributed by atoms with Gasteiger partial charge in [-0.3, -0.25) is 43.6 Å². The van der Waals surface area contributed by atoms with Crippen molar-refractivity contribution in [1.82, 2.24) is 34.8 Å². The fourth-order valence-electron chi connectivity index (χ4n) is 7.73. The van der Waals surface area contributed by atoms with Crippen molar-refractivity contribution in [1.29, 1.82) is 0 Å². The first-order chi connectivity index (χ1) is 26.9. The lowest BCUT2D eigenvalue weighted by molar-refractivity contribution is -0.176. The van der Waals surface area contributed by atoms with E-state index in [1.54, 1.807) is 18.2 Å². The maximum absolute atomic E-state index is 14.2. The van der Waals surface area contributed by atoms with E-state index < -0.39 is 51.8 Å². The number of likely N-dealkylation sites (tertiary alicyclic amines) is 1. The molecule has 0 aromatic heterocycles. The number of ketones is 1. The molecular weight excluding hydrogens is 743 g/mol. The lowest BCUT2D eigenvalue weighted by Crippen LogP contribution is -2.64. The highest BCUT2D eigenvalue weighted by Crippen LogP contribution is 2.27. The zero-order valence-corrected chi connectivity index (χ0v) is 32.4. The minimum Gasteiger partial charge on any atom is -0.461 e. The normalized spacial score (nSPS) is 21.7. The number of rotatable bonds is 15. The van der Waals surface area contributed by atoms with Crippen LogP contribution in [0.4, 0.5) is 0 Å². The van der Waals surface area contributed by atoms with E-state index in [1.165, 1.54) is 23.2 Å². The van der Waals surface area contributed by atoms with Gasteiger partial charge in [0.1, 0.15) is 18.7 Å². The molecule has 0 saturated carbocycles. The zero-order valence-electron chi connectivity index (χ0n) is 31.6. The van der Waals surface area contributed by atoms with Crippen molar-refractivity contribution in [2.24, 2.45) is 0 Å². The first kappa shape index (κ1) is 40.9. The van der Waals surface area contributed by atoms with E-state index in [0.717, 1.165) is 36.3 Å². The number of Topliss-reactive ketones (excluding diaryl/α,β-unsaturated/α-hetero) is 1. The van der Waals surface area contributed by atoms with Crippen LogP contribution in [-0.4, -0.2) is 152 Å². The van der Waals surface area contributed by atoms with Gasteiger partial charge >= 0.3 is 5.97 Å². The van der Waals surface area contributed by atoms with Crippen molar-refractivity contribution >= 4 is 56.2 Å². The maximum Gasteiger partial charge on any atom is 0.306 e. The summed E-state index contributed by atoms with van der Waals surface area (Å²) in [4.78, 5) is 86.5. The Kier molecular flexibility index (Phi) is 13.5. The Morgan fingerprint density at radius 3 is 2.29 bits per heavy atom. The summed E-state index contributed by atoms with van der Waals surface area (Å²) in [5.74, 6) is -2.69. The van der Waals surface area contributed by atoms with Gasteiger partial charge in [-0.05, 0) is 61.4 Å². The SMILES string of the molecule is C=CCOC(=O)CC[C@H](NC(=O)[C@@H]1CCCN2C(=O)CC[C@H](NS(=O)(=O)c3ccc4ccccc4c3)C(=O)N12)C(=O)CN1CCN(CC(=O)N2CCCC2)CC1. The Morgan fingerprint density at radius 1 is 0.875 bits per heavy atom. The molecule has 2 N–H and O–H groups in total. The van der Waals surface area contributed by atoms with Crippen LogP contribution >= 0.6 is 0 Å². The van der Waals surface area contributed by atoms with Gasteiger partial charge in [0.05, 0.1) is 24.0 Å². The van der Waals surface area contributed by atoms with Crippen molar-refractivity contribution in [3.63, 3.8) is 0 Å². The quantitative estimate of drug-likeness (QED) is 0.192. The second-order valence-electron chi connectivity index (χ2n) is 14.8. The van der Waals surface area contributed by atoms with E-state index in [9.17, 15) is 37.2 Å². The van der Waals surface area contributed by atoms with Gasteiger partial charge in [0.25, 0.3) is 5.91 Å². The minimum absolute atomic E-state index is 0.0108. The van der Waals surface area contributed by atoms with Gasteiger partial charge in [-0.25, -0.2) is 13.4 Å². The van der Waals surface area contributed by atoms with Gasteiger partial charge in [-0.2, -0.15) is 4.72 Å². The van der Waals surface area contributed by atoms with E-state index in [2.05, 4.69) is 21.5 Å². The van der Waals surface area contributed by atoms with E-state index in [0.29, 0.717) is 44.5 Å². The number of benzene rings is 2. The maximum atomic E-state index is 14.2. The number of fused-ring (bicyclic) bond motifs is 2. The highest BCUT2D eigenvalue weighted by Gasteiger charge is 2.46. The van der Waals surface area contributed by atoms with Crippen LogP contribution in [0.15, 0.2) is 60.0 Å². The fraction of sp³-hybridized carbons (Fsp3) is 0.538. The molecular formula is C39H51N7O9S. The molecule has 4 aliphatic rings. The summed E-state index contributed by atoms with van der Waals surface area (Å²) < 4.78 is 34.8. The van der Waals surface area contributed by atoms with Crippen molar-refractivity contribution in [3.8, 4) is 0 Å². The zero-order chi connectivity index (χ0) is 39.8. The summed E-state index contributed by atoms with van der Waals surface area (Å²) in [6, 6.07) is 8.21. The molecule has 2 aromatic rings. The molecule has 4 aliphatic heterocycles. The number of esters is 1. The monoisotopic (exact) mass is 793 g/mol. The molecule has 4 fully saturated rings. The minimum atomic E-state index is -4.22. The molecule has 6 rings (SSSR count). The number of amides is 4. The highest BCUT2D eigenvalue weighted by atomic mass is 32.2. The van der Waals surface area contributed by atoms with Crippen LogP contribution in [0.1, 0.15) is 51.4 Å². The lowest BCUT2D eigenvalue weighted by atomic mass is 10.0. The molecule has 16 nitrogen and oxygen atoms in total. The van der Waals surface area contributed by atoms with Crippen molar-refractivity contribution in [3.05, 3.63) is 55.1 Å². The van der Waals surface area contributed by atoms with E-state index in [4.69, 9.17) is 4.74 Å². The first-order valence-corrected chi connectivity index (χ1v) is 20.9. The van der Waals surface area contributed by atoms with Gasteiger partial charge in [0.15, 0.2) is 5.78 Å². The number of hydrogen-bond acceptors (Lipinski definition) is 11. The van der Waals surface area contributed by atoms with Crippen LogP contribution in [0, 0.1) is 0 Å². The number of nitrogens with one attached hydrogen (secondary N) is 2. The van der Waals surface area contributed by atoms with Crippen LogP contribution in [0.2, 0.25) is 0 Å². The van der Waals surface area contributed by atoms with Crippen molar-refractivity contribution in [2.75, 3.05) is 65.5 Å². The third-order valence-corrected chi connectivity index (χ3v) is 12.3. The van der Waals surface area contributed by atoms with Gasteiger partial charge < -0.3 is 15.0 Å². The van der Waals surface area contributed by atoms with E-state index in [1.807, 2.05) is 21.9 Å². The number of piperazine rings is 1. The molecule has 2 aromatic carbocycles. The smallest absolute Gasteiger partial charge is 0.306 e. The second-order valence-corrected chi connectivity index (χ2v) is 16.5. The Balaban J connectivity index is 1.13. The second kappa shape index (κ2) is 18.5. The van der Waals surface area contributed by atoms with Crippen LogP contribution in [-0.2, 0) is 43.5 Å². The lowest BCUT2D eigenvalue weighted by Gasteiger charge is -2.43. The van der Waals surface area contributed by atoms with Gasteiger partial charge in [-0.15, -0.1) is 0 Å². The Bertz CT molecular complexity index is 1930. The fourth-order valence-corrected chi connectivity index (χ4v) is 8.99. The average molecular weight is 794 g/mol. The van der Waals surface area contributed by atoms with E-state index in [-0.39, 0.29) is 68.4 Å². The molecule has 4 heterocycles. The largest absolute Gasteiger partial charge is 0.461 e. The van der Waals surface area contributed by atoms with Crippen LogP contribution in [0.25, 0.3) is 10.8 Å². The third kappa shape index (κ3) is 9.99. The number of hydrazine groups is 1. The number of sulfonamides is 1. The first-order valence-electron chi connectivity index (χ1n) is 19.4. The van der Waals surface area contributed by atoms with Gasteiger partial charge in [0, 0.05) is 58.7 Å². The molecule has 0 bridgehead atoms. The van der Waals surface area contributed by atoms with Crippen LogP contribution < -0.4 is 10.0 Å². The van der Waals surface area contributed by atoms with Crippen molar-refractivity contribution in [2.45, 2.75) is 74.4 Å². The van der Waals surface area contributed by atoms with Gasteiger partial charge in [0.2, 0.25) is 27.7 Å². The summed E-state index contributed by atoms with van der Waals surface area (Å²) in [7, 11) is -4.22.